The van der Waals surface area contributed by atoms with Crippen molar-refractivity contribution in [2.75, 3.05) is 13.1 Å². The van der Waals surface area contributed by atoms with E-state index in [0.717, 1.165) is 0 Å². The molecule has 0 radical (unpaired) electrons. The summed E-state index contributed by atoms with van der Waals surface area (Å²) in [6.07, 6.45) is -4.06. The number of aliphatic hydroxyl groups is 1. The average Bonchev–Trinajstić information content (AvgIpc) is 1.97. The molecule has 0 saturated carbocycles. The van der Waals surface area contributed by atoms with Crippen LogP contribution in [0, 0.1) is 20.2 Å². The third kappa shape index (κ3) is 6.48. The van der Waals surface area contributed by atoms with Crippen molar-refractivity contribution in [1.82, 2.24) is 0 Å². The molecular weight excluding hydrogens is 176 g/mol. The molecule has 0 rings (SSSR count). The summed E-state index contributed by atoms with van der Waals surface area (Å²) in [5.41, 5.74) is 0. The molecule has 0 aliphatic rings. The van der Waals surface area contributed by atoms with E-state index in [9.17, 15) is 20.2 Å². The number of hydrogen-bond acceptors (Lipinski definition) is 7. The molecule has 0 amide bonds. The zero-order valence-electron chi connectivity index (χ0n) is 10.3. The van der Waals surface area contributed by atoms with E-state index >= 15 is 0 Å². The third-order valence-electron chi connectivity index (χ3n) is 0.434. The Morgan fingerprint density at radius 2 is 1.75 bits per heavy atom. The van der Waals surface area contributed by atoms with Gasteiger partial charge in [0.05, 0.1) is 6.85 Å². The Bertz CT molecular complexity index is 301. The first-order valence-electron chi connectivity index (χ1n) is 4.73. The predicted molar refractivity (Wildman–Crippen MR) is 31.9 cm³/mol. The maximum absolute atomic E-state index is 9.86. The van der Waals surface area contributed by atoms with E-state index in [1.54, 1.807) is 0 Å². The van der Waals surface area contributed by atoms with E-state index in [2.05, 4.69) is 9.68 Å². The molecule has 0 aliphatic heterocycles. The summed E-state index contributed by atoms with van der Waals surface area (Å²) >= 11 is 0. The molecule has 0 aliphatic carbocycles. The van der Waals surface area contributed by atoms with Gasteiger partial charge in [-0.05, 0) is 0 Å². The van der Waals surface area contributed by atoms with Crippen LogP contribution in [0.15, 0.2) is 0 Å². The van der Waals surface area contributed by atoms with Gasteiger partial charge in [0.1, 0.15) is 19.2 Å². The number of rotatable bonds is 6. The van der Waals surface area contributed by atoms with E-state index in [4.69, 9.17) is 12.0 Å². The Hall–Kier alpha value is -1.64. The van der Waals surface area contributed by atoms with Gasteiger partial charge in [-0.2, -0.15) is 0 Å². The minimum atomic E-state index is -4.06. The fourth-order valence-electron chi connectivity index (χ4n) is 0.182. The monoisotopic (exact) mass is 187 g/mol. The molecule has 0 atom stereocenters. The van der Waals surface area contributed by atoms with Crippen LogP contribution in [-0.4, -0.2) is 34.5 Å². The van der Waals surface area contributed by atoms with E-state index in [1.807, 2.05) is 0 Å². The Kier molecular flexibility index (Phi) is 1.86. The first-order chi connectivity index (χ1) is 7.33. The van der Waals surface area contributed by atoms with Gasteiger partial charge in [0.2, 0.25) is 0 Å². The molecule has 1 N–H and O–H groups in total. The van der Waals surface area contributed by atoms with Crippen molar-refractivity contribution in [3.63, 3.8) is 0 Å². The highest BCUT2D eigenvalue weighted by atomic mass is 17.0. The summed E-state index contributed by atoms with van der Waals surface area (Å²) in [6.45, 7) is -7.79. The molecule has 0 spiro atoms. The Balaban J connectivity index is 5.22. The van der Waals surface area contributed by atoms with E-state index in [-0.39, 0.29) is 0 Å². The van der Waals surface area contributed by atoms with Crippen molar-refractivity contribution in [1.29, 1.82) is 0 Å². The van der Waals surface area contributed by atoms with Crippen LogP contribution in [0.5, 0.6) is 0 Å². The molecule has 12 heavy (non-hydrogen) atoms. The predicted octanol–water partition coefficient (Wildman–Crippen LogP) is -1.24. The second-order valence-electron chi connectivity index (χ2n) is 1.18. The highest BCUT2D eigenvalue weighted by Gasteiger charge is 2.08. The first-order valence-corrected chi connectivity index (χ1v) is 2.23. The normalized spacial score (nSPS) is 18.9. The van der Waals surface area contributed by atoms with E-state index in [1.165, 1.54) is 0 Å². The van der Waals surface area contributed by atoms with Crippen molar-refractivity contribution in [2.24, 2.45) is 0 Å². The molecule has 0 heterocycles. The van der Waals surface area contributed by atoms with Crippen LogP contribution in [-0.2, 0) is 9.68 Å². The lowest BCUT2D eigenvalue weighted by Gasteiger charge is -2.06. The molecule has 0 saturated heterocycles. The van der Waals surface area contributed by atoms with Crippen molar-refractivity contribution in [3.8, 4) is 0 Å². The maximum Gasteiger partial charge on any atom is 0.294 e. The van der Waals surface area contributed by atoms with Crippen molar-refractivity contribution >= 4 is 0 Å². The van der Waals surface area contributed by atoms with Gasteiger partial charge in [-0.1, -0.05) is 0 Å². The van der Waals surface area contributed by atoms with Crippen molar-refractivity contribution in [2.45, 2.75) is 6.08 Å². The van der Waals surface area contributed by atoms with Crippen LogP contribution >= 0.6 is 0 Å². The lowest BCUT2D eigenvalue weighted by molar-refractivity contribution is -0.768. The Labute approximate surface area is 72.7 Å². The molecule has 0 bridgehead atoms. The molecular formula is C3H6N2O7. The molecule has 9 heteroatoms. The lowest BCUT2D eigenvalue weighted by atomic mass is 10.4. The van der Waals surface area contributed by atoms with Gasteiger partial charge in [-0.25, -0.2) is 0 Å². The molecule has 70 valence electrons. The highest BCUT2D eigenvalue weighted by molar-refractivity contribution is 4.46. The van der Waals surface area contributed by atoms with Crippen LogP contribution in [0.2, 0.25) is 0 Å². The SMILES string of the molecule is [2H]C([2H])(O[N+](=O)[O-])C([2H])(O)C([2H])([2H])O[N+](=O)[O-]. The molecule has 0 aromatic heterocycles. The van der Waals surface area contributed by atoms with Gasteiger partial charge < -0.3 is 14.8 Å². The van der Waals surface area contributed by atoms with Crippen LogP contribution in [0.25, 0.3) is 0 Å². The number of hydrogen-bond donors (Lipinski definition) is 1. The standard InChI is InChI=1S/C3H6N2O7/c6-3(1-11-4(7)8)2-12-5(9)10/h3,6H,1-2H2/i1D2,2D2,3D. The van der Waals surface area contributed by atoms with Gasteiger partial charge in [0.25, 0.3) is 10.2 Å². The summed E-state index contributed by atoms with van der Waals surface area (Å²) in [4.78, 5) is 26.2. The van der Waals surface area contributed by atoms with Crippen LogP contribution in [0.4, 0.5) is 0 Å². The minimum Gasteiger partial charge on any atom is -0.389 e. The summed E-state index contributed by atoms with van der Waals surface area (Å²) in [5, 5.41) is 25.4. The fraction of sp³-hybridized carbons (Fsp3) is 1.00. The largest absolute Gasteiger partial charge is 0.389 e. The summed E-state index contributed by atoms with van der Waals surface area (Å²) in [6, 6.07) is 0. The minimum absolute atomic E-state index is 1.73. The third-order valence-corrected chi connectivity index (χ3v) is 0.434. The van der Waals surface area contributed by atoms with Crippen LogP contribution in [0.3, 0.4) is 0 Å². The summed E-state index contributed by atoms with van der Waals surface area (Å²) < 4.78 is 34.0. The van der Waals surface area contributed by atoms with Gasteiger partial charge in [0.15, 0.2) is 0 Å². The topological polar surface area (TPSA) is 125 Å². The maximum atomic E-state index is 9.86. The van der Waals surface area contributed by atoms with E-state index < -0.39 is 29.4 Å². The zero-order chi connectivity index (χ0) is 14.1. The van der Waals surface area contributed by atoms with Gasteiger partial charge in [-0.3, -0.25) is 0 Å². The zero-order valence-corrected chi connectivity index (χ0v) is 5.29. The van der Waals surface area contributed by atoms with Crippen molar-refractivity contribution < 1.29 is 31.8 Å². The lowest BCUT2D eigenvalue weighted by Crippen LogP contribution is -2.24. The molecule has 0 aromatic carbocycles. The van der Waals surface area contributed by atoms with Crippen LogP contribution < -0.4 is 0 Å². The second-order valence-corrected chi connectivity index (χ2v) is 1.18. The molecule has 9 nitrogen and oxygen atoms in total. The molecule has 0 unspecified atom stereocenters. The van der Waals surface area contributed by atoms with Gasteiger partial charge in [-0.15, -0.1) is 20.2 Å². The highest BCUT2D eigenvalue weighted by Crippen LogP contribution is 1.87. The first kappa shape index (κ1) is 4.40. The second kappa shape index (κ2) is 5.07. The van der Waals surface area contributed by atoms with Crippen molar-refractivity contribution in [3.05, 3.63) is 20.2 Å². The fourth-order valence-corrected chi connectivity index (χ4v) is 0.182. The summed E-state index contributed by atoms with van der Waals surface area (Å²) in [5.74, 6) is 0. The smallest absolute Gasteiger partial charge is 0.294 e. The molecule has 0 fully saturated rings. The van der Waals surface area contributed by atoms with E-state index in [0.29, 0.717) is 0 Å². The van der Waals surface area contributed by atoms with Crippen LogP contribution in [0.1, 0.15) is 6.85 Å². The Morgan fingerprint density at radius 3 is 2.00 bits per heavy atom. The quantitative estimate of drug-likeness (QED) is 0.407. The summed E-state index contributed by atoms with van der Waals surface area (Å²) in [7, 11) is 0. The average molecular weight is 187 g/mol. The molecule has 0 aromatic rings. The van der Waals surface area contributed by atoms with Gasteiger partial charge in [0, 0.05) is 0 Å². The number of nitrogens with zero attached hydrogens (tertiary/aromatic N) is 2. The Morgan fingerprint density at radius 1 is 1.42 bits per heavy atom. The van der Waals surface area contributed by atoms with Gasteiger partial charge >= 0.3 is 0 Å².